The van der Waals surface area contributed by atoms with Crippen molar-refractivity contribution in [3.05, 3.63) is 64.7 Å². The summed E-state index contributed by atoms with van der Waals surface area (Å²) in [5, 5.41) is 5.77. The van der Waals surface area contributed by atoms with Gasteiger partial charge in [-0.3, -0.25) is 4.79 Å². The van der Waals surface area contributed by atoms with E-state index in [2.05, 4.69) is 35.6 Å². The van der Waals surface area contributed by atoms with Gasteiger partial charge < -0.3 is 20.3 Å². The zero-order chi connectivity index (χ0) is 29.3. The first kappa shape index (κ1) is 35.7. The molecule has 2 N–H and O–H groups in total. The smallest absolute Gasteiger partial charge is 0.323 e. The number of benzene rings is 2. The molecule has 1 heterocycles. The largest absolute Gasteiger partial charge is 0.491 e. The first-order chi connectivity index (χ1) is 20.0. The molecule has 6 nitrogen and oxygen atoms in total. The minimum atomic E-state index is -0.372. The van der Waals surface area contributed by atoms with Gasteiger partial charge in [0.1, 0.15) is 0 Å². The van der Waals surface area contributed by atoms with Gasteiger partial charge in [-0.15, -0.1) is 28.7 Å². The summed E-state index contributed by atoms with van der Waals surface area (Å²) in [6.45, 7) is 7.27. The second kappa shape index (κ2) is 20.5. The molecule has 2 aromatic carbocycles. The maximum atomic E-state index is 12.8. The number of halogens is 1. The molecule has 2 amide bonds. The van der Waals surface area contributed by atoms with E-state index in [4.69, 9.17) is 4.74 Å². The second-order valence-corrected chi connectivity index (χ2v) is 12.2. The second-order valence-electron chi connectivity index (χ2n) is 11.0. The van der Waals surface area contributed by atoms with Gasteiger partial charge in [-0.25, -0.2) is 4.79 Å². The number of carbonyl (C=O) groups is 2. The number of urea groups is 1. The van der Waals surface area contributed by atoms with Crippen molar-refractivity contribution in [1.82, 2.24) is 4.90 Å². The first-order valence-corrected chi connectivity index (χ1v) is 16.4. The number of thioether (sulfide) groups is 1. The number of rotatable bonds is 19. The Morgan fingerprint density at radius 2 is 1.48 bits per heavy atom. The van der Waals surface area contributed by atoms with E-state index in [1.54, 1.807) is 18.2 Å². The van der Waals surface area contributed by atoms with Crippen LogP contribution in [-0.2, 0) is 6.54 Å². The Balaban J connectivity index is 0.00000616. The average Bonchev–Trinajstić information content (AvgIpc) is 3.37. The number of hydrogen-bond acceptors (Lipinski definition) is 5. The van der Waals surface area contributed by atoms with E-state index in [1.165, 1.54) is 81.6 Å². The predicted molar refractivity (Wildman–Crippen MR) is 184 cm³/mol. The van der Waals surface area contributed by atoms with Crippen LogP contribution in [0.3, 0.4) is 0 Å². The molecule has 0 atom stereocenters. The molecule has 232 valence electrons. The van der Waals surface area contributed by atoms with Gasteiger partial charge >= 0.3 is 6.03 Å². The standard InChI is InChI=1S/C34H49N3O3S.BrH/c1-4-5-6-7-8-9-10-11-12-13-14-15-23-40-33-31(28(3)38)17-16-18-32(33)36-34(39)35-30-21-19-29(20-22-30)25-37-24-27(2)41-26-37;/h16-22,24H,4-15,23,25-26H2,1-3H3,(H2,35,36,39);1H. The highest BCUT2D eigenvalue weighted by atomic mass is 79.9. The van der Waals surface area contributed by atoms with E-state index in [9.17, 15) is 9.59 Å². The first-order valence-electron chi connectivity index (χ1n) is 15.4. The Kier molecular flexibility index (Phi) is 17.4. The van der Waals surface area contributed by atoms with E-state index >= 15 is 0 Å². The van der Waals surface area contributed by atoms with Crippen LogP contribution < -0.4 is 15.4 Å². The fourth-order valence-corrected chi connectivity index (χ4v) is 5.76. The molecule has 0 saturated carbocycles. The molecule has 3 rings (SSSR count). The number of nitrogens with zero attached hydrogens (tertiary/aromatic N) is 1. The van der Waals surface area contributed by atoms with Crippen molar-refractivity contribution in [1.29, 1.82) is 0 Å². The number of para-hydroxylation sites is 1. The van der Waals surface area contributed by atoms with Crippen LogP contribution in [0.4, 0.5) is 16.2 Å². The third-order valence-electron chi connectivity index (χ3n) is 7.31. The number of unbranched alkanes of at least 4 members (excludes halogenated alkanes) is 11. The van der Waals surface area contributed by atoms with Gasteiger partial charge in [0, 0.05) is 18.4 Å². The number of carbonyl (C=O) groups excluding carboxylic acids is 2. The third-order valence-corrected chi connectivity index (χ3v) is 8.33. The number of nitrogens with one attached hydrogen (secondary N) is 2. The highest BCUT2D eigenvalue weighted by Gasteiger charge is 2.16. The summed E-state index contributed by atoms with van der Waals surface area (Å²) in [5.41, 5.74) is 2.87. The highest BCUT2D eigenvalue weighted by molar-refractivity contribution is 8.93. The van der Waals surface area contributed by atoms with Crippen LogP contribution in [0.2, 0.25) is 0 Å². The van der Waals surface area contributed by atoms with Gasteiger partial charge in [0.15, 0.2) is 11.5 Å². The fourth-order valence-electron chi connectivity index (χ4n) is 5.01. The number of hydrogen-bond donors (Lipinski definition) is 2. The average molecular weight is 661 g/mol. The van der Waals surface area contributed by atoms with Crippen LogP contribution in [0.25, 0.3) is 0 Å². The molecule has 0 radical (unpaired) electrons. The number of anilines is 2. The Morgan fingerprint density at radius 3 is 2.05 bits per heavy atom. The number of amides is 2. The summed E-state index contributed by atoms with van der Waals surface area (Å²) < 4.78 is 6.08. The fraction of sp³-hybridized carbons (Fsp3) is 0.529. The molecule has 0 fully saturated rings. The van der Waals surface area contributed by atoms with E-state index in [0.717, 1.165) is 25.3 Å². The van der Waals surface area contributed by atoms with Crippen molar-refractivity contribution < 1.29 is 14.3 Å². The summed E-state index contributed by atoms with van der Waals surface area (Å²) in [6, 6.07) is 12.8. The molecule has 1 aliphatic rings. The lowest BCUT2D eigenvalue weighted by Gasteiger charge is -2.16. The molecule has 0 bridgehead atoms. The summed E-state index contributed by atoms with van der Waals surface area (Å²) in [5.74, 6) is 1.33. The molecule has 42 heavy (non-hydrogen) atoms. The molecule has 0 spiro atoms. The van der Waals surface area contributed by atoms with Crippen LogP contribution in [0.15, 0.2) is 53.6 Å². The van der Waals surface area contributed by atoms with E-state index in [-0.39, 0.29) is 28.8 Å². The van der Waals surface area contributed by atoms with E-state index in [0.29, 0.717) is 29.3 Å². The van der Waals surface area contributed by atoms with Crippen molar-refractivity contribution in [2.75, 3.05) is 23.1 Å². The minimum Gasteiger partial charge on any atom is -0.491 e. The summed E-state index contributed by atoms with van der Waals surface area (Å²) in [6.07, 6.45) is 17.5. The summed E-state index contributed by atoms with van der Waals surface area (Å²) >= 11 is 1.84. The van der Waals surface area contributed by atoms with Crippen LogP contribution in [0.5, 0.6) is 5.75 Å². The monoisotopic (exact) mass is 659 g/mol. The van der Waals surface area contributed by atoms with E-state index < -0.39 is 0 Å². The molecule has 0 unspecified atom stereocenters. The van der Waals surface area contributed by atoms with Crippen molar-refractivity contribution >= 4 is 51.9 Å². The Hall–Kier alpha value is -2.45. The number of ketones is 1. The van der Waals surface area contributed by atoms with Crippen molar-refractivity contribution in [3.63, 3.8) is 0 Å². The Morgan fingerprint density at radius 1 is 0.857 bits per heavy atom. The molecule has 1 aliphatic heterocycles. The van der Waals surface area contributed by atoms with Crippen LogP contribution in [-0.4, -0.2) is 29.2 Å². The lowest BCUT2D eigenvalue weighted by Crippen LogP contribution is -2.20. The highest BCUT2D eigenvalue weighted by Crippen LogP contribution is 2.30. The molecule has 0 aromatic heterocycles. The summed E-state index contributed by atoms with van der Waals surface area (Å²) in [7, 11) is 0. The Bertz CT molecular complexity index is 1120. The van der Waals surface area contributed by atoms with Gasteiger partial charge in [-0.1, -0.05) is 95.8 Å². The molecule has 8 heteroatoms. The van der Waals surface area contributed by atoms with Gasteiger partial charge in [-0.2, -0.15) is 0 Å². The maximum Gasteiger partial charge on any atom is 0.323 e. The molecular weight excluding hydrogens is 610 g/mol. The molecular formula is C34H50BrN3O3S. The maximum absolute atomic E-state index is 12.8. The molecule has 0 saturated heterocycles. The third kappa shape index (κ3) is 13.2. The normalized spacial score (nSPS) is 12.5. The van der Waals surface area contributed by atoms with Gasteiger partial charge in [0.2, 0.25) is 0 Å². The Labute approximate surface area is 268 Å². The van der Waals surface area contributed by atoms with Crippen molar-refractivity contribution in [2.24, 2.45) is 0 Å². The van der Waals surface area contributed by atoms with Gasteiger partial charge in [0.25, 0.3) is 0 Å². The number of ether oxygens (including phenoxy) is 1. The molecule has 2 aromatic rings. The summed E-state index contributed by atoms with van der Waals surface area (Å²) in [4.78, 5) is 28.7. The zero-order valence-corrected chi connectivity index (χ0v) is 28.2. The lowest BCUT2D eigenvalue weighted by molar-refractivity contribution is 0.101. The van der Waals surface area contributed by atoms with Crippen LogP contribution >= 0.6 is 28.7 Å². The van der Waals surface area contributed by atoms with Crippen LogP contribution in [0.1, 0.15) is 114 Å². The molecule has 0 aliphatic carbocycles. The van der Waals surface area contributed by atoms with Crippen LogP contribution in [0, 0.1) is 0 Å². The quantitative estimate of drug-likeness (QED) is 0.116. The number of allylic oxidation sites excluding steroid dienone is 1. The number of Topliss-reactive ketones (excluding diaryl/α,β-unsaturated/α-hetero) is 1. The predicted octanol–water partition coefficient (Wildman–Crippen LogP) is 10.6. The topological polar surface area (TPSA) is 70.7 Å². The van der Waals surface area contributed by atoms with Crippen molar-refractivity contribution in [2.45, 2.75) is 104 Å². The minimum absolute atomic E-state index is 0. The van der Waals surface area contributed by atoms with Crippen molar-refractivity contribution in [3.8, 4) is 5.75 Å². The van der Waals surface area contributed by atoms with E-state index in [1.807, 2.05) is 36.0 Å². The zero-order valence-electron chi connectivity index (χ0n) is 25.7. The lowest BCUT2D eigenvalue weighted by atomic mass is 10.1. The van der Waals surface area contributed by atoms with Gasteiger partial charge in [0.05, 0.1) is 23.7 Å². The van der Waals surface area contributed by atoms with Gasteiger partial charge in [-0.05, 0) is 55.0 Å². The SMILES string of the molecule is Br.CCCCCCCCCCCCCCOc1c(NC(=O)Nc2ccc(CN3C=C(C)SC3)cc2)cccc1C(C)=O.